The van der Waals surface area contributed by atoms with Gasteiger partial charge in [0.15, 0.2) is 11.5 Å². The summed E-state index contributed by atoms with van der Waals surface area (Å²) in [4.78, 5) is 32.8. The van der Waals surface area contributed by atoms with Crippen molar-refractivity contribution in [3.05, 3.63) is 64.2 Å². The van der Waals surface area contributed by atoms with Crippen LogP contribution in [0.3, 0.4) is 0 Å². The fraction of sp³-hybridized carbons (Fsp3) is 0.292. The Kier molecular flexibility index (Phi) is 6.11. The van der Waals surface area contributed by atoms with Gasteiger partial charge in [0.25, 0.3) is 5.56 Å². The number of aryl methyl sites for hydroxylation is 2. The summed E-state index contributed by atoms with van der Waals surface area (Å²) in [6, 6.07) is 11.7. The lowest BCUT2D eigenvalue weighted by Crippen LogP contribution is -2.27. The minimum Gasteiger partial charge on any atom is -0.493 e. The average molecular weight is 434 g/mol. The van der Waals surface area contributed by atoms with Crippen molar-refractivity contribution in [1.82, 2.24) is 19.9 Å². The van der Waals surface area contributed by atoms with Crippen molar-refractivity contribution in [3.63, 3.8) is 0 Å². The van der Waals surface area contributed by atoms with Gasteiger partial charge in [-0.05, 0) is 23.6 Å². The smallest absolute Gasteiger partial charge is 0.277 e. The fourth-order valence-corrected chi connectivity index (χ4v) is 3.68. The van der Waals surface area contributed by atoms with Crippen LogP contribution < -0.4 is 20.3 Å². The first kappa shape index (κ1) is 21.4. The van der Waals surface area contributed by atoms with Crippen LogP contribution in [0.4, 0.5) is 0 Å². The highest BCUT2D eigenvalue weighted by Crippen LogP contribution is 2.34. The Balaban J connectivity index is 1.48. The van der Waals surface area contributed by atoms with Crippen molar-refractivity contribution in [1.29, 1.82) is 0 Å². The predicted molar refractivity (Wildman–Crippen MR) is 123 cm³/mol. The fourth-order valence-electron chi connectivity index (χ4n) is 3.68. The van der Waals surface area contributed by atoms with Crippen molar-refractivity contribution in [2.45, 2.75) is 32.9 Å². The molecule has 0 spiro atoms. The van der Waals surface area contributed by atoms with Gasteiger partial charge in [-0.3, -0.25) is 14.2 Å². The molecule has 4 aromatic rings. The SMILES string of the molecule is CCc1ccc(CNC(=O)CCn2cnc3c([nH]c4cc(OC)c(OC)cc43)c2=O)cc1. The van der Waals surface area contributed by atoms with Crippen LogP contribution in [0.25, 0.3) is 21.9 Å². The molecule has 0 radical (unpaired) electrons. The Bertz CT molecular complexity index is 1320. The quantitative estimate of drug-likeness (QED) is 0.444. The van der Waals surface area contributed by atoms with Crippen LogP contribution in [0.2, 0.25) is 0 Å². The molecule has 8 heteroatoms. The monoisotopic (exact) mass is 434 g/mol. The molecule has 2 aromatic heterocycles. The molecule has 4 rings (SSSR count). The van der Waals surface area contributed by atoms with E-state index < -0.39 is 0 Å². The maximum atomic E-state index is 13.0. The Morgan fingerprint density at radius 2 is 1.78 bits per heavy atom. The largest absolute Gasteiger partial charge is 0.493 e. The number of rotatable bonds is 8. The lowest BCUT2D eigenvalue weighted by Gasteiger charge is -2.08. The number of aromatic amines is 1. The molecule has 0 aliphatic carbocycles. The summed E-state index contributed by atoms with van der Waals surface area (Å²) in [6.07, 6.45) is 2.64. The van der Waals surface area contributed by atoms with Crippen LogP contribution in [0.5, 0.6) is 11.5 Å². The topological polar surface area (TPSA) is 98.2 Å². The van der Waals surface area contributed by atoms with Crippen LogP contribution in [-0.4, -0.2) is 34.7 Å². The molecule has 0 unspecified atom stereocenters. The summed E-state index contributed by atoms with van der Waals surface area (Å²) in [5, 5.41) is 3.67. The van der Waals surface area contributed by atoms with Crippen molar-refractivity contribution < 1.29 is 14.3 Å². The number of amides is 1. The summed E-state index contributed by atoms with van der Waals surface area (Å²) in [5.41, 5.74) is 3.74. The van der Waals surface area contributed by atoms with Gasteiger partial charge in [0.05, 0.1) is 26.1 Å². The number of nitrogens with zero attached hydrogens (tertiary/aromatic N) is 2. The Hall–Kier alpha value is -3.81. The highest BCUT2D eigenvalue weighted by Gasteiger charge is 2.15. The van der Waals surface area contributed by atoms with Crippen molar-refractivity contribution >= 4 is 27.8 Å². The minimum atomic E-state index is -0.230. The van der Waals surface area contributed by atoms with Crippen LogP contribution >= 0.6 is 0 Å². The van der Waals surface area contributed by atoms with Gasteiger partial charge in [-0.25, -0.2) is 4.98 Å². The number of hydrogen-bond acceptors (Lipinski definition) is 5. The lowest BCUT2D eigenvalue weighted by molar-refractivity contribution is -0.121. The predicted octanol–water partition coefficient (Wildman–Crippen LogP) is 3.16. The van der Waals surface area contributed by atoms with Gasteiger partial charge in [0, 0.05) is 31.0 Å². The van der Waals surface area contributed by atoms with E-state index in [4.69, 9.17) is 9.47 Å². The number of aromatic nitrogens is 3. The first-order valence-electron chi connectivity index (χ1n) is 10.5. The third kappa shape index (κ3) is 4.16. The number of methoxy groups -OCH3 is 2. The van der Waals surface area contributed by atoms with E-state index in [-0.39, 0.29) is 24.4 Å². The van der Waals surface area contributed by atoms with Crippen molar-refractivity contribution in [2.75, 3.05) is 14.2 Å². The first-order valence-corrected chi connectivity index (χ1v) is 10.5. The van der Waals surface area contributed by atoms with E-state index in [1.807, 2.05) is 12.1 Å². The molecule has 2 aromatic carbocycles. The molecule has 2 N–H and O–H groups in total. The highest BCUT2D eigenvalue weighted by molar-refractivity contribution is 6.05. The van der Waals surface area contributed by atoms with E-state index in [1.165, 1.54) is 16.5 Å². The Morgan fingerprint density at radius 1 is 1.09 bits per heavy atom. The van der Waals surface area contributed by atoms with Gasteiger partial charge in [0.1, 0.15) is 11.0 Å². The summed E-state index contributed by atoms with van der Waals surface area (Å²) in [6.45, 7) is 2.81. The van der Waals surface area contributed by atoms with E-state index in [0.717, 1.165) is 22.9 Å². The molecule has 0 bridgehead atoms. The third-order valence-electron chi connectivity index (χ3n) is 5.58. The van der Waals surface area contributed by atoms with Crippen LogP contribution in [-0.2, 0) is 24.3 Å². The number of fused-ring (bicyclic) bond motifs is 3. The normalized spacial score (nSPS) is 11.1. The Labute approximate surface area is 185 Å². The van der Waals surface area contributed by atoms with E-state index >= 15 is 0 Å². The number of H-pyrrole nitrogens is 1. The Morgan fingerprint density at radius 3 is 2.47 bits per heavy atom. The summed E-state index contributed by atoms with van der Waals surface area (Å²) >= 11 is 0. The molecule has 1 amide bonds. The third-order valence-corrected chi connectivity index (χ3v) is 5.58. The number of hydrogen-bond donors (Lipinski definition) is 2. The molecule has 0 aliphatic heterocycles. The van der Waals surface area contributed by atoms with Gasteiger partial charge in [-0.2, -0.15) is 0 Å². The number of benzene rings is 2. The minimum absolute atomic E-state index is 0.123. The summed E-state index contributed by atoms with van der Waals surface area (Å²) in [7, 11) is 3.12. The standard InChI is InChI=1S/C24H26N4O4/c1-4-15-5-7-16(8-6-15)13-25-21(29)9-10-28-14-26-22-17-11-19(31-2)20(32-3)12-18(17)27-23(22)24(28)30/h5-8,11-12,14,27H,4,9-10,13H2,1-3H3,(H,25,29). The van der Waals surface area contributed by atoms with E-state index in [0.29, 0.717) is 29.1 Å². The van der Waals surface area contributed by atoms with Crippen LogP contribution in [0.15, 0.2) is 47.5 Å². The van der Waals surface area contributed by atoms with Gasteiger partial charge in [0.2, 0.25) is 5.91 Å². The second kappa shape index (κ2) is 9.13. The molecular weight excluding hydrogens is 408 g/mol. The van der Waals surface area contributed by atoms with E-state index in [1.54, 1.807) is 26.4 Å². The zero-order chi connectivity index (χ0) is 22.7. The molecule has 0 aliphatic rings. The number of carbonyl (C=O) groups is 1. The zero-order valence-corrected chi connectivity index (χ0v) is 18.4. The molecule has 0 fully saturated rings. The molecule has 0 atom stereocenters. The maximum absolute atomic E-state index is 13.0. The maximum Gasteiger partial charge on any atom is 0.277 e. The van der Waals surface area contributed by atoms with E-state index in [2.05, 4.69) is 34.3 Å². The number of ether oxygens (including phenoxy) is 2. The second-order valence-corrected chi connectivity index (χ2v) is 7.54. The molecule has 2 heterocycles. The first-order chi connectivity index (χ1) is 15.5. The molecule has 8 nitrogen and oxygen atoms in total. The lowest BCUT2D eigenvalue weighted by atomic mass is 10.1. The molecule has 166 valence electrons. The molecule has 32 heavy (non-hydrogen) atoms. The second-order valence-electron chi connectivity index (χ2n) is 7.54. The molecule has 0 saturated carbocycles. The van der Waals surface area contributed by atoms with Crippen molar-refractivity contribution in [3.8, 4) is 11.5 Å². The van der Waals surface area contributed by atoms with Gasteiger partial charge in [-0.15, -0.1) is 0 Å². The summed E-state index contributed by atoms with van der Waals surface area (Å²) in [5.74, 6) is 1.00. The molecular formula is C24H26N4O4. The molecule has 0 saturated heterocycles. The van der Waals surface area contributed by atoms with E-state index in [9.17, 15) is 9.59 Å². The van der Waals surface area contributed by atoms with Crippen molar-refractivity contribution in [2.24, 2.45) is 0 Å². The number of carbonyl (C=O) groups excluding carboxylic acids is 1. The average Bonchev–Trinajstić information content (AvgIpc) is 3.20. The van der Waals surface area contributed by atoms with Gasteiger partial charge in [-0.1, -0.05) is 31.2 Å². The number of nitrogens with one attached hydrogen (secondary N) is 2. The van der Waals surface area contributed by atoms with Gasteiger partial charge < -0.3 is 19.8 Å². The highest BCUT2D eigenvalue weighted by atomic mass is 16.5. The zero-order valence-electron chi connectivity index (χ0n) is 18.4. The summed E-state index contributed by atoms with van der Waals surface area (Å²) < 4.78 is 12.1. The van der Waals surface area contributed by atoms with Crippen LogP contribution in [0, 0.1) is 0 Å². The van der Waals surface area contributed by atoms with Gasteiger partial charge >= 0.3 is 0 Å². The van der Waals surface area contributed by atoms with Crippen LogP contribution in [0.1, 0.15) is 24.5 Å².